The van der Waals surface area contributed by atoms with Crippen LogP contribution in [0.4, 0.5) is 4.79 Å². The summed E-state index contributed by atoms with van der Waals surface area (Å²) < 4.78 is 5.22. The van der Waals surface area contributed by atoms with Crippen molar-refractivity contribution in [2.45, 2.75) is 19.5 Å². The second-order valence-corrected chi connectivity index (χ2v) is 6.98. The van der Waals surface area contributed by atoms with Gasteiger partial charge in [-0.15, -0.1) is 6.42 Å². The second-order valence-electron chi connectivity index (χ2n) is 6.98. The number of aryl methyl sites for hydroxylation is 1. The zero-order valence-electron chi connectivity index (χ0n) is 17.1. The van der Waals surface area contributed by atoms with Crippen LogP contribution in [0.1, 0.15) is 22.7 Å². The fourth-order valence-electron chi connectivity index (χ4n) is 2.94. The first-order chi connectivity index (χ1) is 13.4. The fraction of sp³-hybridized carbons (Fsp3) is 0.348. The number of terminal acetylenes is 1. The van der Waals surface area contributed by atoms with Crippen molar-refractivity contribution < 1.29 is 9.53 Å². The Labute approximate surface area is 168 Å². The minimum Gasteiger partial charge on any atom is -0.497 e. The molecule has 0 bridgehead atoms. The van der Waals surface area contributed by atoms with E-state index < -0.39 is 0 Å². The van der Waals surface area contributed by atoms with Gasteiger partial charge >= 0.3 is 6.03 Å². The molecule has 0 aliphatic carbocycles. The number of amides is 2. The zero-order chi connectivity index (χ0) is 20.5. The van der Waals surface area contributed by atoms with Gasteiger partial charge in [0.25, 0.3) is 0 Å². The third kappa shape index (κ3) is 6.04. The molecule has 2 rings (SSSR count). The molecule has 2 aromatic rings. The third-order valence-corrected chi connectivity index (χ3v) is 4.63. The monoisotopic (exact) mass is 379 g/mol. The molecule has 1 atom stereocenters. The SMILES string of the molecule is C#CCN(Cc1ccc(C)cc1)C(=O)NCC(c1ccc(OC)cc1)N(C)C. The highest BCUT2D eigenvalue weighted by Crippen LogP contribution is 2.20. The summed E-state index contributed by atoms with van der Waals surface area (Å²) in [6.07, 6.45) is 5.48. The molecule has 0 aliphatic rings. The molecule has 5 nitrogen and oxygen atoms in total. The Kier molecular flexibility index (Phi) is 7.91. The summed E-state index contributed by atoms with van der Waals surface area (Å²) in [4.78, 5) is 16.5. The Bertz CT molecular complexity index is 792. The third-order valence-electron chi connectivity index (χ3n) is 4.63. The number of hydrogen-bond donors (Lipinski definition) is 1. The molecule has 5 heteroatoms. The lowest BCUT2D eigenvalue weighted by molar-refractivity contribution is 0.196. The number of ether oxygens (including phenoxy) is 1. The summed E-state index contributed by atoms with van der Waals surface area (Å²) in [5, 5.41) is 3.03. The normalized spacial score (nSPS) is 11.6. The summed E-state index contributed by atoms with van der Waals surface area (Å²) in [7, 11) is 5.63. The molecule has 1 N–H and O–H groups in total. The van der Waals surface area contributed by atoms with Crippen LogP contribution in [0.15, 0.2) is 48.5 Å². The first-order valence-electron chi connectivity index (χ1n) is 9.26. The van der Waals surface area contributed by atoms with Gasteiger partial charge in [-0.05, 0) is 44.3 Å². The van der Waals surface area contributed by atoms with Crippen molar-refractivity contribution in [1.29, 1.82) is 0 Å². The number of likely N-dealkylation sites (N-methyl/N-ethyl adjacent to an activating group) is 1. The quantitative estimate of drug-likeness (QED) is 0.715. The van der Waals surface area contributed by atoms with Crippen molar-refractivity contribution in [3.8, 4) is 18.1 Å². The molecule has 0 radical (unpaired) electrons. The number of urea groups is 1. The molecule has 28 heavy (non-hydrogen) atoms. The largest absolute Gasteiger partial charge is 0.497 e. The van der Waals surface area contributed by atoms with E-state index in [1.54, 1.807) is 12.0 Å². The maximum atomic E-state index is 12.7. The molecule has 0 spiro atoms. The fourth-order valence-corrected chi connectivity index (χ4v) is 2.94. The number of methoxy groups -OCH3 is 1. The predicted octanol–water partition coefficient (Wildman–Crippen LogP) is 3.45. The van der Waals surface area contributed by atoms with E-state index in [9.17, 15) is 4.79 Å². The van der Waals surface area contributed by atoms with E-state index >= 15 is 0 Å². The average molecular weight is 380 g/mol. The van der Waals surface area contributed by atoms with E-state index in [0.29, 0.717) is 13.1 Å². The summed E-state index contributed by atoms with van der Waals surface area (Å²) in [5.74, 6) is 3.38. The Hall–Kier alpha value is -2.97. The van der Waals surface area contributed by atoms with Gasteiger partial charge in [-0.1, -0.05) is 47.9 Å². The maximum absolute atomic E-state index is 12.7. The molecular formula is C23H29N3O2. The molecule has 2 aromatic carbocycles. The van der Waals surface area contributed by atoms with Gasteiger partial charge in [0.1, 0.15) is 5.75 Å². The van der Waals surface area contributed by atoms with Crippen LogP contribution in [0.25, 0.3) is 0 Å². The number of nitrogens with zero attached hydrogens (tertiary/aromatic N) is 2. The molecule has 2 amide bonds. The minimum atomic E-state index is -0.168. The molecule has 0 aromatic heterocycles. The standard InChI is InChI=1S/C23H29N3O2/c1-6-15-26(17-19-9-7-18(2)8-10-19)23(27)24-16-22(25(3)4)20-11-13-21(28-5)14-12-20/h1,7-14,22H,15-17H2,2-5H3,(H,24,27). The Morgan fingerprint density at radius 1 is 1.14 bits per heavy atom. The molecule has 0 aliphatic heterocycles. The van der Waals surface area contributed by atoms with Gasteiger partial charge in [0.2, 0.25) is 0 Å². The molecule has 0 heterocycles. The van der Waals surface area contributed by atoms with Gasteiger partial charge in [-0.25, -0.2) is 4.79 Å². The van der Waals surface area contributed by atoms with Crippen molar-refractivity contribution in [2.24, 2.45) is 0 Å². The Morgan fingerprint density at radius 3 is 2.32 bits per heavy atom. The number of benzene rings is 2. The van der Waals surface area contributed by atoms with Crippen molar-refractivity contribution >= 4 is 6.03 Å². The Morgan fingerprint density at radius 2 is 1.79 bits per heavy atom. The summed E-state index contributed by atoms with van der Waals surface area (Å²) in [5.41, 5.74) is 3.34. The zero-order valence-corrected chi connectivity index (χ0v) is 17.1. The molecule has 0 fully saturated rings. The van der Waals surface area contributed by atoms with E-state index in [0.717, 1.165) is 16.9 Å². The van der Waals surface area contributed by atoms with Crippen LogP contribution in [-0.2, 0) is 6.54 Å². The van der Waals surface area contributed by atoms with Gasteiger partial charge < -0.3 is 19.9 Å². The summed E-state index contributed by atoms with van der Waals surface area (Å²) in [6, 6.07) is 15.9. The van der Waals surface area contributed by atoms with Crippen LogP contribution < -0.4 is 10.1 Å². The smallest absolute Gasteiger partial charge is 0.318 e. The van der Waals surface area contributed by atoms with Crippen LogP contribution >= 0.6 is 0 Å². The van der Waals surface area contributed by atoms with E-state index in [-0.39, 0.29) is 18.6 Å². The van der Waals surface area contributed by atoms with Crippen molar-refractivity contribution in [1.82, 2.24) is 15.1 Å². The van der Waals surface area contributed by atoms with E-state index in [4.69, 9.17) is 11.2 Å². The summed E-state index contributed by atoms with van der Waals surface area (Å²) >= 11 is 0. The van der Waals surface area contributed by atoms with Crippen molar-refractivity contribution in [2.75, 3.05) is 34.3 Å². The second kappa shape index (κ2) is 10.4. The first-order valence-corrected chi connectivity index (χ1v) is 9.26. The van der Waals surface area contributed by atoms with E-state index in [1.165, 1.54) is 5.56 Å². The molecule has 1 unspecified atom stereocenters. The van der Waals surface area contributed by atoms with Gasteiger partial charge in [-0.2, -0.15) is 0 Å². The lowest BCUT2D eigenvalue weighted by atomic mass is 10.1. The topological polar surface area (TPSA) is 44.8 Å². The van der Waals surface area contributed by atoms with Crippen LogP contribution in [0.3, 0.4) is 0 Å². The molecular weight excluding hydrogens is 350 g/mol. The predicted molar refractivity (Wildman–Crippen MR) is 113 cm³/mol. The first kappa shape index (κ1) is 21.3. The van der Waals surface area contributed by atoms with Gasteiger partial charge in [0.05, 0.1) is 19.7 Å². The highest BCUT2D eigenvalue weighted by molar-refractivity contribution is 5.74. The van der Waals surface area contributed by atoms with Crippen molar-refractivity contribution in [3.63, 3.8) is 0 Å². The highest BCUT2D eigenvalue weighted by atomic mass is 16.5. The Balaban J connectivity index is 2.03. The molecule has 0 saturated heterocycles. The number of carbonyl (C=O) groups is 1. The summed E-state index contributed by atoms with van der Waals surface area (Å²) in [6.45, 7) is 3.25. The van der Waals surface area contributed by atoms with Gasteiger partial charge in [0.15, 0.2) is 0 Å². The van der Waals surface area contributed by atoms with Gasteiger partial charge in [0, 0.05) is 13.1 Å². The van der Waals surface area contributed by atoms with Crippen molar-refractivity contribution in [3.05, 3.63) is 65.2 Å². The van der Waals surface area contributed by atoms with Crippen LogP contribution in [0.5, 0.6) is 5.75 Å². The molecule has 148 valence electrons. The van der Waals surface area contributed by atoms with Crippen LogP contribution in [0.2, 0.25) is 0 Å². The number of carbonyl (C=O) groups excluding carboxylic acids is 1. The lowest BCUT2D eigenvalue weighted by Gasteiger charge is -2.27. The van der Waals surface area contributed by atoms with Gasteiger partial charge in [-0.3, -0.25) is 0 Å². The maximum Gasteiger partial charge on any atom is 0.318 e. The number of nitrogens with one attached hydrogen (secondary N) is 1. The van der Waals surface area contributed by atoms with E-state index in [1.807, 2.05) is 69.6 Å². The molecule has 0 saturated carbocycles. The van der Waals surface area contributed by atoms with Crippen LogP contribution in [-0.4, -0.2) is 50.1 Å². The lowest BCUT2D eigenvalue weighted by Crippen LogP contribution is -2.43. The minimum absolute atomic E-state index is 0.0434. The average Bonchev–Trinajstić information content (AvgIpc) is 2.69. The van der Waals surface area contributed by atoms with Crippen LogP contribution in [0, 0.1) is 19.3 Å². The van der Waals surface area contributed by atoms with E-state index in [2.05, 4.69) is 16.1 Å². The number of rotatable bonds is 8. The number of hydrogen-bond acceptors (Lipinski definition) is 3. The highest BCUT2D eigenvalue weighted by Gasteiger charge is 2.18.